The van der Waals surface area contributed by atoms with E-state index in [1.54, 1.807) is 0 Å². The van der Waals surface area contributed by atoms with Gasteiger partial charge in [-0.15, -0.1) is 0 Å². The number of rotatable bonds is 6. The Bertz CT molecular complexity index is 493. The van der Waals surface area contributed by atoms with Crippen LogP contribution in [0, 0.1) is 5.92 Å². The number of pyridine rings is 1. The molecule has 1 N–H and O–H groups in total. The summed E-state index contributed by atoms with van der Waals surface area (Å²) in [4.78, 5) is 4.19. The molecule has 0 bridgehead atoms. The van der Waals surface area contributed by atoms with Crippen molar-refractivity contribution < 1.29 is 0 Å². The van der Waals surface area contributed by atoms with Crippen LogP contribution in [0.15, 0.2) is 54.9 Å². The fourth-order valence-corrected chi connectivity index (χ4v) is 2.49. The molecule has 2 nitrogen and oxygen atoms in total. The standard InChI is InChI=1S/C18H24N2/c1-14(2)18(16-8-5-4-6-9-16)13-20-15(3)17-10-7-11-19-12-17/h4-12,14-15,18,20H,13H2,1-3H3/t15-,18?/m1/s1. The lowest BCUT2D eigenvalue weighted by atomic mass is 9.88. The third kappa shape index (κ3) is 3.91. The van der Waals surface area contributed by atoms with E-state index in [4.69, 9.17) is 0 Å². The van der Waals surface area contributed by atoms with Gasteiger partial charge in [0.2, 0.25) is 0 Å². The number of benzene rings is 1. The second kappa shape index (κ2) is 7.20. The summed E-state index contributed by atoms with van der Waals surface area (Å²) >= 11 is 0. The summed E-state index contributed by atoms with van der Waals surface area (Å²) in [7, 11) is 0. The second-order valence-electron chi connectivity index (χ2n) is 5.68. The van der Waals surface area contributed by atoms with Crippen molar-refractivity contribution in [2.45, 2.75) is 32.7 Å². The van der Waals surface area contributed by atoms with Crippen LogP contribution in [0.4, 0.5) is 0 Å². The van der Waals surface area contributed by atoms with Crippen molar-refractivity contribution >= 4 is 0 Å². The van der Waals surface area contributed by atoms with E-state index in [-0.39, 0.29) is 0 Å². The summed E-state index contributed by atoms with van der Waals surface area (Å²) < 4.78 is 0. The predicted molar refractivity (Wildman–Crippen MR) is 84.7 cm³/mol. The molecule has 106 valence electrons. The van der Waals surface area contributed by atoms with Crippen LogP contribution in [-0.4, -0.2) is 11.5 Å². The number of hydrogen-bond acceptors (Lipinski definition) is 2. The van der Waals surface area contributed by atoms with Gasteiger partial charge >= 0.3 is 0 Å². The van der Waals surface area contributed by atoms with Gasteiger partial charge in [0.15, 0.2) is 0 Å². The molecule has 2 heteroatoms. The highest BCUT2D eigenvalue weighted by Gasteiger charge is 2.16. The number of nitrogens with zero attached hydrogens (tertiary/aromatic N) is 1. The van der Waals surface area contributed by atoms with E-state index >= 15 is 0 Å². The molecule has 1 heterocycles. The maximum absolute atomic E-state index is 4.19. The van der Waals surface area contributed by atoms with Crippen LogP contribution in [0.3, 0.4) is 0 Å². The van der Waals surface area contributed by atoms with E-state index in [0.717, 1.165) is 6.54 Å². The third-order valence-electron chi connectivity index (χ3n) is 3.86. The Kier molecular flexibility index (Phi) is 5.31. The Morgan fingerprint density at radius 3 is 2.25 bits per heavy atom. The molecule has 0 saturated heterocycles. The molecular formula is C18H24N2. The average molecular weight is 268 g/mol. The van der Waals surface area contributed by atoms with Gasteiger partial charge in [-0.05, 0) is 36.0 Å². The van der Waals surface area contributed by atoms with Crippen molar-refractivity contribution in [3.63, 3.8) is 0 Å². The van der Waals surface area contributed by atoms with Gasteiger partial charge in [-0.1, -0.05) is 50.2 Å². The van der Waals surface area contributed by atoms with E-state index in [1.807, 2.05) is 18.5 Å². The number of nitrogens with one attached hydrogen (secondary N) is 1. The summed E-state index contributed by atoms with van der Waals surface area (Å²) in [6.45, 7) is 7.75. The van der Waals surface area contributed by atoms with Gasteiger partial charge in [0.25, 0.3) is 0 Å². The largest absolute Gasteiger partial charge is 0.310 e. The normalized spacial score (nSPS) is 14.2. The van der Waals surface area contributed by atoms with Gasteiger partial charge in [0.05, 0.1) is 0 Å². The van der Waals surface area contributed by atoms with E-state index in [2.05, 4.69) is 67.5 Å². The minimum atomic E-state index is 0.327. The molecule has 2 rings (SSSR count). The highest BCUT2D eigenvalue weighted by Crippen LogP contribution is 2.24. The first kappa shape index (κ1) is 14.7. The van der Waals surface area contributed by atoms with E-state index < -0.39 is 0 Å². The Balaban J connectivity index is 2.00. The minimum absolute atomic E-state index is 0.327. The SMILES string of the molecule is CC(C)C(CN[C@H](C)c1cccnc1)c1ccccc1. The molecule has 1 aromatic carbocycles. The summed E-state index contributed by atoms with van der Waals surface area (Å²) in [5, 5.41) is 3.64. The zero-order chi connectivity index (χ0) is 14.4. The molecule has 1 unspecified atom stereocenters. The van der Waals surface area contributed by atoms with Crippen molar-refractivity contribution in [2.75, 3.05) is 6.54 Å². The van der Waals surface area contributed by atoms with Gasteiger partial charge < -0.3 is 5.32 Å². The molecular weight excluding hydrogens is 244 g/mol. The summed E-state index contributed by atoms with van der Waals surface area (Å²) in [5.41, 5.74) is 2.65. The highest BCUT2D eigenvalue weighted by molar-refractivity contribution is 5.21. The summed E-state index contributed by atoms with van der Waals surface area (Å²) in [6.07, 6.45) is 3.75. The van der Waals surface area contributed by atoms with E-state index in [0.29, 0.717) is 17.9 Å². The highest BCUT2D eigenvalue weighted by atomic mass is 14.9. The third-order valence-corrected chi connectivity index (χ3v) is 3.86. The molecule has 1 aromatic heterocycles. The fourth-order valence-electron chi connectivity index (χ4n) is 2.49. The lowest BCUT2D eigenvalue weighted by molar-refractivity contribution is 0.436. The van der Waals surface area contributed by atoms with Gasteiger partial charge in [0.1, 0.15) is 0 Å². The van der Waals surface area contributed by atoms with Crippen LogP contribution in [0.25, 0.3) is 0 Å². The van der Waals surface area contributed by atoms with Crippen molar-refractivity contribution in [2.24, 2.45) is 5.92 Å². The first-order valence-electron chi connectivity index (χ1n) is 7.36. The molecule has 0 aliphatic carbocycles. The molecule has 0 saturated carbocycles. The number of aromatic nitrogens is 1. The van der Waals surface area contributed by atoms with Crippen LogP contribution in [0.5, 0.6) is 0 Å². The van der Waals surface area contributed by atoms with Gasteiger partial charge in [-0.2, -0.15) is 0 Å². The first-order valence-corrected chi connectivity index (χ1v) is 7.36. The van der Waals surface area contributed by atoms with Gasteiger partial charge in [-0.3, -0.25) is 4.98 Å². The first-order chi connectivity index (χ1) is 9.68. The summed E-state index contributed by atoms with van der Waals surface area (Å²) in [6, 6.07) is 15.2. The van der Waals surface area contributed by atoms with E-state index in [1.165, 1.54) is 11.1 Å². The number of hydrogen-bond donors (Lipinski definition) is 1. The zero-order valence-corrected chi connectivity index (χ0v) is 12.6. The molecule has 0 fully saturated rings. The van der Waals surface area contributed by atoms with Gasteiger partial charge in [0, 0.05) is 25.0 Å². The maximum atomic E-state index is 4.19. The summed E-state index contributed by atoms with van der Waals surface area (Å²) in [5.74, 6) is 1.15. The quantitative estimate of drug-likeness (QED) is 0.850. The molecule has 0 aliphatic rings. The van der Waals surface area contributed by atoms with Crippen LogP contribution < -0.4 is 5.32 Å². The van der Waals surface area contributed by atoms with Crippen molar-refractivity contribution in [3.05, 3.63) is 66.0 Å². The van der Waals surface area contributed by atoms with E-state index in [9.17, 15) is 0 Å². The topological polar surface area (TPSA) is 24.9 Å². The van der Waals surface area contributed by atoms with Crippen LogP contribution in [0.2, 0.25) is 0 Å². The molecule has 0 spiro atoms. The van der Waals surface area contributed by atoms with Crippen molar-refractivity contribution in [3.8, 4) is 0 Å². The Labute approximate surface area is 122 Å². The Morgan fingerprint density at radius 1 is 0.950 bits per heavy atom. The fraction of sp³-hybridized carbons (Fsp3) is 0.389. The monoisotopic (exact) mass is 268 g/mol. The molecule has 0 amide bonds. The minimum Gasteiger partial charge on any atom is -0.310 e. The lowest BCUT2D eigenvalue weighted by Crippen LogP contribution is -2.27. The van der Waals surface area contributed by atoms with Crippen molar-refractivity contribution in [1.29, 1.82) is 0 Å². The molecule has 0 radical (unpaired) electrons. The van der Waals surface area contributed by atoms with Crippen LogP contribution >= 0.6 is 0 Å². The van der Waals surface area contributed by atoms with Crippen LogP contribution in [0.1, 0.15) is 43.9 Å². The average Bonchev–Trinajstić information content (AvgIpc) is 2.49. The lowest BCUT2D eigenvalue weighted by Gasteiger charge is -2.24. The van der Waals surface area contributed by atoms with Crippen LogP contribution in [-0.2, 0) is 0 Å². The predicted octanol–water partition coefficient (Wildman–Crippen LogP) is 4.17. The zero-order valence-electron chi connectivity index (χ0n) is 12.6. The van der Waals surface area contributed by atoms with Gasteiger partial charge in [-0.25, -0.2) is 0 Å². The Morgan fingerprint density at radius 2 is 1.65 bits per heavy atom. The molecule has 0 aliphatic heterocycles. The Hall–Kier alpha value is -1.67. The molecule has 20 heavy (non-hydrogen) atoms. The smallest absolute Gasteiger partial charge is 0.0315 e. The molecule has 2 aromatic rings. The maximum Gasteiger partial charge on any atom is 0.0315 e. The van der Waals surface area contributed by atoms with Crippen molar-refractivity contribution in [1.82, 2.24) is 10.3 Å². The second-order valence-corrected chi connectivity index (χ2v) is 5.68. The molecule has 2 atom stereocenters.